The van der Waals surface area contributed by atoms with Crippen LogP contribution >= 0.6 is 7.60 Å². The summed E-state index contributed by atoms with van der Waals surface area (Å²) >= 11 is 0. The largest absolute Gasteiger partial charge is 0.473 e. The molecule has 0 fully saturated rings. The standard InChI is InChI=1S/2C21H18N4O2.CH5O3P/c2*22-21-18(7-4-10-23-21)19-12-17(25-27-19)11-16-8-9-20(24-13-16)26-14-15-5-2-1-3-6-15;1-5(2,3)4/h2*1-10,12-13H,11,14H2,(H2,22,23);1H3,(H2,2,3,4). The van der Waals surface area contributed by atoms with E-state index in [0.29, 0.717) is 61.0 Å². The van der Waals surface area contributed by atoms with Gasteiger partial charge in [-0.2, -0.15) is 0 Å². The van der Waals surface area contributed by atoms with Crippen molar-refractivity contribution in [1.29, 1.82) is 0 Å². The van der Waals surface area contributed by atoms with E-state index in [4.69, 9.17) is 39.8 Å². The van der Waals surface area contributed by atoms with Crippen molar-refractivity contribution in [2.75, 3.05) is 18.1 Å². The van der Waals surface area contributed by atoms with Gasteiger partial charge >= 0.3 is 7.60 Å². The number of nitrogens with two attached hydrogens (primary N) is 2. The highest BCUT2D eigenvalue weighted by Gasteiger charge is 2.13. The number of aromatic nitrogens is 6. The molecule has 6 heterocycles. The van der Waals surface area contributed by atoms with Crippen LogP contribution in [0.3, 0.4) is 0 Å². The number of ether oxygens (including phenoxy) is 2. The fourth-order valence-corrected chi connectivity index (χ4v) is 5.38. The Hall–Kier alpha value is -7.19. The third-order valence-corrected chi connectivity index (χ3v) is 8.15. The molecule has 6 aromatic heterocycles. The summed E-state index contributed by atoms with van der Waals surface area (Å²) in [5, 5.41) is 8.22. The Bertz CT molecular complexity index is 2370. The Morgan fingerprint density at radius 3 is 1.32 bits per heavy atom. The van der Waals surface area contributed by atoms with E-state index in [1.807, 2.05) is 121 Å². The minimum Gasteiger partial charge on any atom is -0.473 e. The summed E-state index contributed by atoms with van der Waals surface area (Å²) in [5.74, 6) is 3.22. The molecule has 0 saturated heterocycles. The van der Waals surface area contributed by atoms with Gasteiger partial charge in [0.25, 0.3) is 0 Å². The molecule has 0 aliphatic carbocycles. The normalized spacial score (nSPS) is 10.8. The Morgan fingerprint density at radius 1 is 0.559 bits per heavy atom. The van der Waals surface area contributed by atoms with Crippen molar-refractivity contribution in [2.45, 2.75) is 26.1 Å². The number of anilines is 2. The van der Waals surface area contributed by atoms with Crippen LogP contribution in [0.2, 0.25) is 0 Å². The van der Waals surface area contributed by atoms with Crippen molar-refractivity contribution < 1.29 is 32.9 Å². The third kappa shape index (κ3) is 13.5. The van der Waals surface area contributed by atoms with Crippen LogP contribution in [0.1, 0.15) is 33.6 Å². The van der Waals surface area contributed by atoms with Crippen molar-refractivity contribution in [3.05, 3.63) is 180 Å². The van der Waals surface area contributed by atoms with Gasteiger partial charge in [-0.15, -0.1) is 0 Å². The lowest BCUT2D eigenvalue weighted by Gasteiger charge is -2.05. The van der Waals surface area contributed by atoms with Crippen LogP contribution in [0.25, 0.3) is 22.6 Å². The van der Waals surface area contributed by atoms with Gasteiger partial charge in [0.1, 0.15) is 24.8 Å². The third-order valence-electron chi connectivity index (χ3n) is 8.15. The SMILES string of the molecule is CP(=O)(O)O.Nc1ncccc1-c1cc(Cc2ccc(OCc3ccccc3)nc2)no1.Nc1ncccc1-c1cc(Cc2ccc(OCc3ccccc3)nc2)no1. The highest BCUT2D eigenvalue weighted by Crippen LogP contribution is 2.28. The average molecular weight is 813 g/mol. The van der Waals surface area contributed by atoms with Crippen molar-refractivity contribution in [3.8, 4) is 34.4 Å². The van der Waals surface area contributed by atoms with E-state index in [9.17, 15) is 4.57 Å². The first-order chi connectivity index (χ1) is 28.6. The van der Waals surface area contributed by atoms with E-state index in [1.165, 1.54) is 0 Å². The molecule has 2 aromatic carbocycles. The Kier molecular flexibility index (Phi) is 14.3. The molecule has 0 amide bonds. The summed E-state index contributed by atoms with van der Waals surface area (Å²) < 4.78 is 31.5. The first kappa shape index (κ1) is 41.4. The number of rotatable bonds is 12. The van der Waals surface area contributed by atoms with Crippen molar-refractivity contribution in [1.82, 2.24) is 30.2 Å². The number of benzene rings is 2. The highest BCUT2D eigenvalue weighted by molar-refractivity contribution is 7.50. The molecule has 0 aliphatic heterocycles. The van der Waals surface area contributed by atoms with Crippen LogP contribution in [0.5, 0.6) is 11.8 Å². The van der Waals surface area contributed by atoms with E-state index in [0.717, 1.165) is 51.4 Å². The first-order valence-corrected chi connectivity index (χ1v) is 20.2. The average Bonchev–Trinajstić information content (AvgIpc) is 3.91. The van der Waals surface area contributed by atoms with Crippen LogP contribution in [-0.4, -0.2) is 46.7 Å². The molecule has 59 heavy (non-hydrogen) atoms. The van der Waals surface area contributed by atoms with Gasteiger partial charge in [-0.1, -0.05) is 83.1 Å². The van der Waals surface area contributed by atoms with Crippen LogP contribution in [0.15, 0.2) is 155 Å². The molecule has 0 bridgehead atoms. The molecule has 0 saturated carbocycles. The zero-order valence-electron chi connectivity index (χ0n) is 31.9. The summed E-state index contributed by atoms with van der Waals surface area (Å²) in [6, 6.07) is 38.7. The van der Waals surface area contributed by atoms with Crippen LogP contribution in [0.4, 0.5) is 11.6 Å². The molecule has 0 aliphatic rings. The quantitative estimate of drug-likeness (QED) is 0.0872. The molecule has 16 heteroatoms. The minimum absolute atomic E-state index is 0.418. The maximum atomic E-state index is 9.33. The second-order valence-corrected chi connectivity index (χ2v) is 14.7. The molecule has 6 N–H and O–H groups in total. The monoisotopic (exact) mass is 812 g/mol. The molecule has 0 atom stereocenters. The summed E-state index contributed by atoms with van der Waals surface area (Å²) in [7, 11) is -3.64. The molecule has 300 valence electrons. The fraction of sp³-hybridized carbons (Fsp3) is 0.116. The molecule has 0 unspecified atom stereocenters. The van der Waals surface area contributed by atoms with E-state index in [-0.39, 0.29) is 0 Å². The smallest absolute Gasteiger partial charge is 0.322 e. The predicted octanol–water partition coefficient (Wildman–Crippen LogP) is 7.56. The molecular weight excluding hydrogens is 771 g/mol. The summed E-state index contributed by atoms with van der Waals surface area (Å²) in [6.45, 7) is 1.84. The summed E-state index contributed by atoms with van der Waals surface area (Å²) in [4.78, 5) is 32.1. The first-order valence-electron chi connectivity index (χ1n) is 18.1. The van der Waals surface area contributed by atoms with Crippen molar-refractivity contribution in [2.24, 2.45) is 0 Å². The molecular formula is C43H41N8O7P. The number of nitrogens with zero attached hydrogens (tertiary/aromatic N) is 6. The maximum absolute atomic E-state index is 9.33. The Morgan fingerprint density at radius 2 is 0.966 bits per heavy atom. The van der Waals surface area contributed by atoms with Gasteiger partial charge in [0.15, 0.2) is 11.5 Å². The molecule has 0 spiro atoms. The second kappa shape index (κ2) is 20.3. The zero-order valence-corrected chi connectivity index (χ0v) is 32.8. The summed E-state index contributed by atoms with van der Waals surface area (Å²) in [6.07, 6.45) is 8.07. The van der Waals surface area contributed by atoms with Gasteiger partial charge < -0.3 is 39.8 Å². The van der Waals surface area contributed by atoms with E-state index >= 15 is 0 Å². The molecule has 15 nitrogen and oxygen atoms in total. The second-order valence-electron chi connectivity index (χ2n) is 13.0. The Balaban J connectivity index is 0.000000178. The minimum atomic E-state index is -3.64. The van der Waals surface area contributed by atoms with E-state index in [2.05, 4.69) is 30.2 Å². The molecule has 8 aromatic rings. The van der Waals surface area contributed by atoms with Gasteiger partial charge in [0, 0.05) is 68.6 Å². The molecule has 0 radical (unpaired) electrons. The number of hydrogen-bond donors (Lipinski definition) is 4. The van der Waals surface area contributed by atoms with Gasteiger partial charge in [-0.05, 0) is 46.5 Å². The predicted molar refractivity (Wildman–Crippen MR) is 222 cm³/mol. The van der Waals surface area contributed by atoms with Crippen LogP contribution in [-0.2, 0) is 30.6 Å². The van der Waals surface area contributed by atoms with E-state index < -0.39 is 7.60 Å². The van der Waals surface area contributed by atoms with Gasteiger partial charge in [0.05, 0.1) is 22.5 Å². The zero-order chi connectivity index (χ0) is 41.5. The Labute approximate surface area is 339 Å². The lowest BCUT2D eigenvalue weighted by molar-refractivity contribution is 0.293. The van der Waals surface area contributed by atoms with Crippen molar-refractivity contribution >= 4 is 19.2 Å². The topological polar surface area (TPSA) is 232 Å². The molecule has 8 rings (SSSR count). The van der Waals surface area contributed by atoms with Gasteiger partial charge in [-0.3, -0.25) is 4.57 Å². The maximum Gasteiger partial charge on any atom is 0.322 e. The van der Waals surface area contributed by atoms with E-state index in [1.54, 1.807) is 24.8 Å². The summed E-state index contributed by atoms with van der Waals surface area (Å²) in [5.41, 5.74) is 19.1. The number of pyridine rings is 4. The van der Waals surface area contributed by atoms with Gasteiger partial charge in [-0.25, -0.2) is 19.9 Å². The fourth-order valence-electron chi connectivity index (χ4n) is 5.38. The van der Waals surface area contributed by atoms with Crippen LogP contribution in [0, 0.1) is 0 Å². The van der Waals surface area contributed by atoms with Crippen molar-refractivity contribution in [3.63, 3.8) is 0 Å². The van der Waals surface area contributed by atoms with Gasteiger partial charge in [0.2, 0.25) is 11.8 Å². The number of nitrogen functional groups attached to an aromatic ring is 2. The van der Waals surface area contributed by atoms with Crippen LogP contribution < -0.4 is 20.9 Å². The highest BCUT2D eigenvalue weighted by atomic mass is 31.2. The number of hydrogen-bond acceptors (Lipinski definition) is 13. The lowest BCUT2D eigenvalue weighted by atomic mass is 10.1. The lowest BCUT2D eigenvalue weighted by Crippen LogP contribution is -1.97.